The number of fused-ring (bicyclic) bond motifs is 3. The largest absolute Gasteiger partial charge is 0.488 e. The van der Waals surface area contributed by atoms with Gasteiger partial charge in [-0.3, -0.25) is 0 Å². The van der Waals surface area contributed by atoms with Crippen molar-refractivity contribution in [2.24, 2.45) is 0 Å². The molecule has 0 amide bonds. The lowest BCUT2D eigenvalue weighted by Crippen LogP contribution is -2.05. The SMILES string of the molecule is Clc1cccc2c1-c1ccccc1CO2. The molecule has 1 aliphatic rings. The van der Waals surface area contributed by atoms with Crippen LogP contribution in [0.3, 0.4) is 0 Å². The molecule has 0 fully saturated rings. The van der Waals surface area contributed by atoms with Crippen LogP contribution in [0.25, 0.3) is 11.1 Å². The molecule has 0 saturated carbocycles. The standard InChI is InChI=1S/C13H9ClO/c14-11-6-3-7-12-13(11)10-5-2-1-4-9(10)8-15-12/h1-7H,8H2. The molecule has 0 aromatic heterocycles. The summed E-state index contributed by atoms with van der Waals surface area (Å²) in [5.41, 5.74) is 3.39. The second-order valence-electron chi connectivity index (χ2n) is 3.56. The van der Waals surface area contributed by atoms with Crippen LogP contribution >= 0.6 is 11.6 Å². The van der Waals surface area contributed by atoms with Gasteiger partial charge >= 0.3 is 0 Å². The summed E-state index contributed by atoms with van der Waals surface area (Å²) in [5.74, 6) is 0.876. The molecule has 1 heterocycles. The Kier molecular flexibility index (Phi) is 1.93. The summed E-state index contributed by atoms with van der Waals surface area (Å²) < 4.78 is 5.65. The summed E-state index contributed by atoms with van der Waals surface area (Å²) in [6.07, 6.45) is 0. The monoisotopic (exact) mass is 216 g/mol. The van der Waals surface area contributed by atoms with Crippen LogP contribution in [0.1, 0.15) is 5.56 Å². The third-order valence-corrected chi connectivity index (χ3v) is 2.96. The summed E-state index contributed by atoms with van der Waals surface area (Å²) in [6.45, 7) is 0.628. The number of rotatable bonds is 0. The van der Waals surface area contributed by atoms with Crippen LogP contribution in [0, 0.1) is 0 Å². The van der Waals surface area contributed by atoms with Crippen molar-refractivity contribution in [3.8, 4) is 16.9 Å². The van der Waals surface area contributed by atoms with Crippen molar-refractivity contribution in [2.75, 3.05) is 0 Å². The van der Waals surface area contributed by atoms with E-state index < -0.39 is 0 Å². The Morgan fingerprint density at radius 2 is 1.87 bits per heavy atom. The number of halogens is 1. The first kappa shape index (κ1) is 8.81. The predicted octanol–water partition coefficient (Wildman–Crippen LogP) is 3.90. The molecule has 0 saturated heterocycles. The van der Waals surface area contributed by atoms with Crippen molar-refractivity contribution in [2.45, 2.75) is 6.61 Å². The molecule has 0 aliphatic carbocycles. The van der Waals surface area contributed by atoms with Crippen molar-refractivity contribution in [3.63, 3.8) is 0 Å². The lowest BCUT2D eigenvalue weighted by Gasteiger charge is -2.21. The van der Waals surface area contributed by atoms with Gasteiger partial charge in [-0.15, -0.1) is 0 Å². The van der Waals surface area contributed by atoms with Crippen LogP contribution in [0.2, 0.25) is 5.02 Å². The van der Waals surface area contributed by atoms with Crippen molar-refractivity contribution in [1.29, 1.82) is 0 Å². The van der Waals surface area contributed by atoms with Gasteiger partial charge in [-0.2, -0.15) is 0 Å². The van der Waals surface area contributed by atoms with Gasteiger partial charge in [0.15, 0.2) is 0 Å². The molecule has 0 N–H and O–H groups in total. The summed E-state index contributed by atoms with van der Waals surface area (Å²) in [7, 11) is 0. The molecule has 0 atom stereocenters. The van der Waals surface area contributed by atoms with Crippen molar-refractivity contribution >= 4 is 11.6 Å². The number of benzene rings is 2. The van der Waals surface area contributed by atoms with Gasteiger partial charge in [-0.05, 0) is 23.3 Å². The molecule has 15 heavy (non-hydrogen) atoms. The highest BCUT2D eigenvalue weighted by Gasteiger charge is 2.18. The Bertz CT molecular complexity index is 520. The van der Waals surface area contributed by atoms with E-state index in [-0.39, 0.29) is 0 Å². The first-order chi connectivity index (χ1) is 7.36. The van der Waals surface area contributed by atoms with E-state index in [1.807, 2.05) is 30.3 Å². The maximum Gasteiger partial charge on any atom is 0.129 e. The highest BCUT2D eigenvalue weighted by molar-refractivity contribution is 6.33. The second kappa shape index (κ2) is 3.28. The average Bonchev–Trinajstić information content (AvgIpc) is 2.29. The third kappa shape index (κ3) is 1.31. The topological polar surface area (TPSA) is 9.23 Å². The summed E-state index contributed by atoms with van der Waals surface area (Å²) in [6, 6.07) is 14.0. The molecule has 3 rings (SSSR count). The molecular weight excluding hydrogens is 208 g/mol. The molecule has 1 aliphatic heterocycles. The van der Waals surface area contributed by atoms with Gasteiger partial charge < -0.3 is 4.74 Å². The van der Waals surface area contributed by atoms with Crippen LogP contribution < -0.4 is 4.74 Å². The van der Waals surface area contributed by atoms with Crippen LogP contribution in [0.15, 0.2) is 42.5 Å². The van der Waals surface area contributed by atoms with E-state index in [0.29, 0.717) is 6.61 Å². The van der Waals surface area contributed by atoms with E-state index in [1.165, 1.54) is 11.1 Å². The first-order valence-corrected chi connectivity index (χ1v) is 5.23. The number of hydrogen-bond donors (Lipinski definition) is 0. The van der Waals surface area contributed by atoms with Gasteiger partial charge in [-0.1, -0.05) is 41.9 Å². The number of ether oxygens (including phenoxy) is 1. The zero-order valence-corrected chi connectivity index (χ0v) is 8.79. The zero-order chi connectivity index (χ0) is 10.3. The quantitative estimate of drug-likeness (QED) is 0.649. The Morgan fingerprint density at radius 3 is 2.80 bits per heavy atom. The van der Waals surface area contributed by atoms with Gasteiger partial charge in [0.2, 0.25) is 0 Å². The van der Waals surface area contributed by atoms with E-state index in [9.17, 15) is 0 Å². The predicted molar refractivity (Wildman–Crippen MR) is 61.2 cm³/mol. The molecule has 0 spiro atoms. The molecule has 2 heteroatoms. The highest BCUT2D eigenvalue weighted by Crippen LogP contribution is 2.41. The molecule has 0 unspecified atom stereocenters. The smallest absolute Gasteiger partial charge is 0.129 e. The lowest BCUT2D eigenvalue weighted by atomic mass is 9.97. The van der Waals surface area contributed by atoms with Gasteiger partial charge in [0.05, 0.1) is 5.02 Å². The molecule has 1 nitrogen and oxygen atoms in total. The first-order valence-electron chi connectivity index (χ1n) is 4.86. The van der Waals surface area contributed by atoms with Crippen LogP contribution in [-0.4, -0.2) is 0 Å². The van der Waals surface area contributed by atoms with E-state index >= 15 is 0 Å². The molecule has 0 radical (unpaired) electrons. The summed E-state index contributed by atoms with van der Waals surface area (Å²) in [4.78, 5) is 0. The molecule has 2 aromatic carbocycles. The summed E-state index contributed by atoms with van der Waals surface area (Å²) >= 11 is 6.19. The fourth-order valence-electron chi connectivity index (χ4n) is 1.93. The van der Waals surface area contributed by atoms with Gasteiger partial charge in [0, 0.05) is 5.56 Å². The van der Waals surface area contributed by atoms with Crippen molar-refractivity contribution in [1.82, 2.24) is 0 Å². The average molecular weight is 217 g/mol. The molecular formula is C13H9ClO. The minimum Gasteiger partial charge on any atom is -0.488 e. The van der Waals surface area contributed by atoms with Crippen LogP contribution in [-0.2, 0) is 6.61 Å². The fourth-order valence-corrected chi connectivity index (χ4v) is 2.20. The molecule has 74 valence electrons. The van der Waals surface area contributed by atoms with Crippen molar-refractivity contribution < 1.29 is 4.74 Å². The number of hydrogen-bond acceptors (Lipinski definition) is 1. The van der Waals surface area contributed by atoms with Gasteiger partial charge in [0.1, 0.15) is 12.4 Å². The zero-order valence-electron chi connectivity index (χ0n) is 8.03. The van der Waals surface area contributed by atoms with Gasteiger partial charge in [0.25, 0.3) is 0 Å². The highest BCUT2D eigenvalue weighted by atomic mass is 35.5. The lowest BCUT2D eigenvalue weighted by molar-refractivity contribution is 0.302. The molecule has 0 bridgehead atoms. The van der Waals surface area contributed by atoms with E-state index in [1.54, 1.807) is 0 Å². The van der Waals surface area contributed by atoms with E-state index in [4.69, 9.17) is 16.3 Å². The maximum atomic E-state index is 6.19. The maximum absolute atomic E-state index is 6.19. The Balaban J connectivity index is 2.33. The summed E-state index contributed by atoms with van der Waals surface area (Å²) in [5, 5.41) is 0.750. The van der Waals surface area contributed by atoms with Crippen LogP contribution in [0.4, 0.5) is 0 Å². The Hall–Kier alpha value is -1.47. The minimum absolute atomic E-state index is 0.628. The fraction of sp³-hybridized carbons (Fsp3) is 0.0769. The molecule has 2 aromatic rings. The second-order valence-corrected chi connectivity index (χ2v) is 3.97. The Morgan fingerprint density at radius 1 is 1.00 bits per heavy atom. The van der Waals surface area contributed by atoms with E-state index in [2.05, 4.69) is 12.1 Å². The minimum atomic E-state index is 0.628. The van der Waals surface area contributed by atoms with Crippen LogP contribution in [0.5, 0.6) is 5.75 Å². The Labute approximate surface area is 93.3 Å². The third-order valence-electron chi connectivity index (χ3n) is 2.65. The van der Waals surface area contributed by atoms with E-state index in [0.717, 1.165) is 16.3 Å². The van der Waals surface area contributed by atoms with Crippen molar-refractivity contribution in [3.05, 3.63) is 53.1 Å². The normalized spacial score (nSPS) is 12.6. The van der Waals surface area contributed by atoms with Gasteiger partial charge in [-0.25, -0.2) is 0 Å².